The molecule has 0 spiro atoms. The van der Waals surface area contributed by atoms with Crippen molar-refractivity contribution in [3.8, 4) is 22.9 Å². The maximum atomic E-state index is 6.55. The van der Waals surface area contributed by atoms with Gasteiger partial charge in [0.2, 0.25) is 11.8 Å². The first kappa shape index (κ1) is 31.6. The van der Waals surface area contributed by atoms with E-state index in [-0.39, 0.29) is 50.0 Å². The zero-order chi connectivity index (χ0) is 32.4. The van der Waals surface area contributed by atoms with Crippen LogP contribution in [0.25, 0.3) is 22.9 Å². The van der Waals surface area contributed by atoms with Gasteiger partial charge < -0.3 is 9.32 Å². The molecule has 0 saturated carbocycles. The summed E-state index contributed by atoms with van der Waals surface area (Å²) >= 11 is 0. The molecule has 6 aromatic carbocycles. The van der Waals surface area contributed by atoms with Gasteiger partial charge in [0.15, 0.2) is 0 Å². The average Bonchev–Trinajstić information content (AvgIpc) is 3.62. The Hall–Kier alpha value is -4.64. The molecule has 3 aliphatic rings. The number of hydrogen-bond acceptors (Lipinski definition) is 4. The van der Waals surface area contributed by atoms with E-state index in [0.717, 1.165) is 28.2 Å². The van der Waals surface area contributed by atoms with Crippen LogP contribution in [-0.4, -0.2) is 10.2 Å². The molecule has 235 valence electrons. The van der Waals surface area contributed by atoms with Crippen molar-refractivity contribution in [1.29, 1.82) is 0 Å². The minimum absolute atomic E-state index is 0. The summed E-state index contributed by atoms with van der Waals surface area (Å²) in [5.41, 5.74) is 14.0. The molecular formula is C44H33N3OY-2. The summed E-state index contributed by atoms with van der Waals surface area (Å²) in [4.78, 5) is 2.28. The molecule has 2 bridgehead atoms. The molecule has 1 radical (unpaired) electrons. The minimum Gasteiger partial charge on any atom is -0.416 e. The van der Waals surface area contributed by atoms with Crippen LogP contribution in [0.2, 0.25) is 0 Å². The molecule has 1 heterocycles. The molecular weight excluding hydrogens is 675 g/mol. The van der Waals surface area contributed by atoms with Crippen molar-refractivity contribution >= 4 is 17.1 Å². The summed E-state index contributed by atoms with van der Waals surface area (Å²) in [6.45, 7) is 6.66. The first-order valence-corrected chi connectivity index (χ1v) is 16.5. The fourth-order valence-electron chi connectivity index (χ4n) is 7.65. The van der Waals surface area contributed by atoms with Crippen molar-refractivity contribution in [1.82, 2.24) is 10.2 Å². The molecule has 4 nitrogen and oxygen atoms in total. The summed E-state index contributed by atoms with van der Waals surface area (Å²) in [5, 5.41) is 9.26. The number of aromatic nitrogens is 2. The molecule has 0 atom stereocenters. The summed E-state index contributed by atoms with van der Waals surface area (Å²) in [5.74, 6) is 1.08. The van der Waals surface area contributed by atoms with E-state index in [1.54, 1.807) is 0 Å². The van der Waals surface area contributed by atoms with Crippen LogP contribution in [-0.2, 0) is 38.1 Å². The van der Waals surface area contributed by atoms with Gasteiger partial charge in [-0.2, -0.15) is 48.5 Å². The van der Waals surface area contributed by atoms with Crippen molar-refractivity contribution in [2.75, 3.05) is 4.90 Å². The van der Waals surface area contributed by atoms with Crippen LogP contribution in [0.15, 0.2) is 138 Å². The number of rotatable bonds is 5. The summed E-state index contributed by atoms with van der Waals surface area (Å²) in [6, 6.07) is 53.9. The van der Waals surface area contributed by atoms with Gasteiger partial charge in [0, 0.05) is 61.4 Å². The Balaban J connectivity index is 0.00000348. The topological polar surface area (TPSA) is 42.2 Å². The van der Waals surface area contributed by atoms with E-state index < -0.39 is 0 Å². The first-order valence-electron chi connectivity index (χ1n) is 16.5. The Kier molecular flexibility index (Phi) is 7.97. The molecule has 3 aliphatic carbocycles. The summed E-state index contributed by atoms with van der Waals surface area (Å²) in [7, 11) is 0. The second-order valence-electron chi connectivity index (χ2n) is 13.7. The Labute approximate surface area is 312 Å². The Morgan fingerprint density at radius 1 is 0.571 bits per heavy atom. The van der Waals surface area contributed by atoms with Crippen LogP contribution in [0, 0.1) is 12.1 Å². The first-order chi connectivity index (χ1) is 23.5. The Morgan fingerprint density at radius 2 is 1.08 bits per heavy atom. The van der Waals surface area contributed by atoms with Gasteiger partial charge in [0.1, 0.15) is 0 Å². The third-order valence-electron chi connectivity index (χ3n) is 9.84. The summed E-state index contributed by atoms with van der Waals surface area (Å²) < 4.78 is 6.55. The van der Waals surface area contributed by atoms with E-state index in [9.17, 15) is 0 Å². The number of para-hydroxylation sites is 2. The average molecular weight is 709 g/mol. The van der Waals surface area contributed by atoms with Crippen LogP contribution >= 0.6 is 0 Å². The number of nitrogens with zero attached hydrogens (tertiary/aromatic N) is 3. The van der Waals surface area contributed by atoms with Crippen LogP contribution in [0.1, 0.15) is 71.6 Å². The van der Waals surface area contributed by atoms with Crippen molar-refractivity contribution in [2.24, 2.45) is 0 Å². The van der Waals surface area contributed by atoms with Crippen LogP contribution < -0.4 is 4.90 Å². The zero-order valence-electron chi connectivity index (χ0n) is 27.7. The van der Waals surface area contributed by atoms with Crippen molar-refractivity contribution in [3.05, 3.63) is 185 Å². The van der Waals surface area contributed by atoms with E-state index in [0.29, 0.717) is 11.8 Å². The molecule has 0 N–H and O–H groups in total. The van der Waals surface area contributed by atoms with E-state index in [2.05, 4.69) is 157 Å². The molecule has 1 aromatic heterocycles. The van der Waals surface area contributed by atoms with Crippen LogP contribution in [0.5, 0.6) is 0 Å². The smallest absolute Gasteiger partial charge is 0.248 e. The van der Waals surface area contributed by atoms with Crippen LogP contribution in [0.3, 0.4) is 0 Å². The largest absolute Gasteiger partial charge is 0.416 e. The van der Waals surface area contributed by atoms with Gasteiger partial charge in [-0.15, -0.1) is 22.3 Å². The third-order valence-corrected chi connectivity index (χ3v) is 9.84. The van der Waals surface area contributed by atoms with Crippen molar-refractivity contribution in [3.63, 3.8) is 0 Å². The zero-order valence-corrected chi connectivity index (χ0v) is 30.5. The van der Waals surface area contributed by atoms with Gasteiger partial charge in [0.25, 0.3) is 0 Å². The quantitative estimate of drug-likeness (QED) is 0.167. The fraction of sp³-hybridized carbons (Fsp3) is 0.136. The molecule has 7 aromatic rings. The molecule has 0 saturated heterocycles. The third kappa shape index (κ3) is 5.21. The number of hydrogen-bond donors (Lipinski definition) is 0. The van der Waals surface area contributed by atoms with Crippen molar-refractivity contribution in [2.45, 2.75) is 38.0 Å². The maximum absolute atomic E-state index is 6.55. The minimum atomic E-state index is 0. The molecule has 0 fully saturated rings. The van der Waals surface area contributed by atoms with E-state index in [1.165, 1.54) is 38.9 Å². The maximum Gasteiger partial charge on any atom is 0.248 e. The molecule has 5 heteroatoms. The standard InChI is InChI=1S/C44H33N3O.Y/c1-44(2,3)29-24-22-28(23-25-29)42-45-46-43(48-42)36-26-27-37(47(30-14-6-4-7-15-30)31-16-8-5-9-17-31)41-39-34-20-12-10-18-32(34)38(40(36)41)33-19-11-13-21-35(33)39;/h4-14,16,18-27,38-39H,1-3H3;/q-2;. The normalized spacial score (nSPS) is 15.5. The van der Waals surface area contributed by atoms with Crippen molar-refractivity contribution < 1.29 is 37.1 Å². The Bertz CT molecular complexity index is 2200. The SMILES string of the molecule is CC(C)(C)c1ccc(-c2nnc(-c3ccc(N(c4[c-]cccc4)c4[c-]cccc4)c4c3C3c5ccccc5C4c4ccccc43)o2)cc1.[Y]. The predicted octanol–water partition coefficient (Wildman–Crippen LogP) is 10.8. The van der Waals surface area contributed by atoms with Gasteiger partial charge in [-0.25, -0.2) is 0 Å². The summed E-state index contributed by atoms with van der Waals surface area (Å²) in [6.07, 6.45) is 0. The van der Waals surface area contributed by atoms with E-state index in [1.807, 2.05) is 24.3 Å². The fourth-order valence-corrected chi connectivity index (χ4v) is 7.65. The van der Waals surface area contributed by atoms with Gasteiger partial charge in [-0.3, -0.25) is 0 Å². The predicted molar refractivity (Wildman–Crippen MR) is 191 cm³/mol. The van der Waals surface area contributed by atoms with Gasteiger partial charge >= 0.3 is 0 Å². The second kappa shape index (κ2) is 12.4. The molecule has 0 unspecified atom stereocenters. The van der Waals surface area contributed by atoms with E-state index >= 15 is 0 Å². The molecule has 10 rings (SSSR count). The van der Waals surface area contributed by atoms with Gasteiger partial charge in [-0.05, 0) is 68.6 Å². The molecule has 49 heavy (non-hydrogen) atoms. The number of benzene rings is 6. The van der Waals surface area contributed by atoms with Gasteiger partial charge in [-0.1, -0.05) is 92.8 Å². The molecule has 0 aliphatic heterocycles. The number of anilines is 3. The van der Waals surface area contributed by atoms with Crippen LogP contribution in [0.4, 0.5) is 17.1 Å². The monoisotopic (exact) mass is 708 g/mol. The van der Waals surface area contributed by atoms with E-state index in [4.69, 9.17) is 4.42 Å². The Morgan fingerprint density at radius 3 is 1.59 bits per heavy atom. The molecule has 0 amide bonds. The second-order valence-corrected chi connectivity index (χ2v) is 13.7. The van der Waals surface area contributed by atoms with Gasteiger partial charge in [0.05, 0.1) is 0 Å².